The van der Waals surface area contributed by atoms with Crippen molar-refractivity contribution in [2.45, 2.75) is 77.3 Å². The molecule has 3 aliphatic carbocycles. The second-order valence-corrected chi connectivity index (χ2v) is 7.26. The third-order valence-electron chi connectivity index (χ3n) is 5.87. The highest BCUT2D eigenvalue weighted by Crippen LogP contribution is 2.49. The van der Waals surface area contributed by atoms with Crippen molar-refractivity contribution in [1.82, 2.24) is 5.32 Å². The number of rotatable bonds is 3. The van der Waals surface area contributed by atoms with Gasteiger partial charge in [0.25, 0.3) is 0 Å². The van der Waals surface area contributed by atoms with Gasteiger partial charge in [0.05, 0.1) is 0 Å². The molecule has 17 heavy (non-hydrogen) atoms. The molecule has 98 valence electrons. The van der Waals surface area contributed by atoms with Crippen LogP contribution in [-0.4, -0.2) is 12.1 Å². The predicted molar refractivity (Wildman–Crippen MR) is 73.0 cm³/mol. The van der Waals surface area contributed by atoms with Crippen LogP contribution in [0.2, 0.25) is 0 Å². The highest BCUT2D eigenvalue weighted by Gasteiger charge is 2.42. The minimum Gasteiger partial charge on any atom is -0.311 e. The molecule has 3 aliphatic rings. The van der Waals surface area contributed by atoms with E-state index in [1.54, 1.807) is 6.42 Å². The molecule has 0 aromatic rings. The van der Waals surface area contributed by atoms with Crippen LogP contribution in [0.1, 0.15) is 65.2 Å². The van der Waals surface area contributed by atoms with Crippen LogP contribution in [0, 0.1) is 23.7 Å². The maximum absolute atomic E-state index is 3.98. The summed E-state index contributed by atoms with van der Waals surface area (Å²) in [4.78, 5) is 0. The molecule has 1 nitrogen and oxygen atoms in total. The van der Waals surface area contributed by atoms with Gasteiger partial charge in [0.15, 0.2) is 0 Å². The molecule has 1 heteroatoms. The van der Waals surface area contributed by atoms with Crippen molar-refractivity contribution in [3.05, 3.63) is 0 Å². The van der Waals surface area contributed by atoms with E-state index in [4.69, 9.17) is 0 Å². The first-order chi connectivity index (χ1) is 8.22. The van der Waals surface area contributed by atoms with E-state index in [0.29, 0.717) is 0 Å². The minimum atomic E-state index is 0.778. The van der Waals surface area contributed by atoms with E-state index in [1.165, 1.54) is 44.9 Å². The minimum absolute atomic E-state index is 0.778. The van der Waals surface area contributed by atoms with Crippen molar-refractivity contribution in [2.75, 3.05) is 0 Å². The number of hydrogen-bond acceptors (Lipinski definition) is 1. The molecular weight excluding hydrogens is 206 g/mol. The maximum Gasteiger partial charge on any atom is 0.00723 e. The van der Waals surface area contributed by atoms with Crippen LogP contribution in [0.15, 0.2) is 0 Å². The molecule has 0 radical (unpaired) electrons. The first-order valence-corrected chi connectivity index (χ1v) is 7.98. The SMILES string of the molecule is CC1CCCC(NC(C)C2CC3CCC2C3)C1. The molecule has 6 atom stereocenters. The molecule has 3 rings (SSSR count). The average Bonchev–Trinajstić information content (AvgIpc) is 2.90. The van der Waals surface area contributed by atoms with Gasteiger partial charge in [-0.25, -0.2) is 0 Å². The Balaban J connectivity index is 1.51. The smallest absolute Gasteiger partial charge is 0.00723 e. The summed E-state index contributed by atoms with van der Waals surface area (Å²) in [6.07, 6.45) is 11.9. The molecular formula is C16H29N. The quantitative estimate of drug-likeness (QED) is 0.780. The van der Waals surface area contributed by atoms with Crippen LogP contribution in [0.25, 0.3) is 0 Å². The molecule has 0 spiro atoms. The second-order valence-electron chi connectivity index (χ2n) is 7.26. The van der Waals surface area contributed by atoms with Gasteiger partial charge in [-0.3, -0.25) is 0 Å². The maximum atomic E-state index is 3.98. The number of hydrogen-bond donors (Lipinski definition) is 1. The largest absolute Gasteiger partial charge is 0.311 e. The Kier molecular flexibility index (Phi) is 3.47. The Labute approximate surface area is 107 Å². The van der Waals surface area contributed by atoms with Gasteiger partial charge in [-0.05, 0) is 62.7 Å². The summed E-state index contributed by atoms with van der Waals surface area (Å²) in [6.45, 7) is 4.89. The molecule has 6 unspecified atom stereocenters. The summed E-state index contributed by atoms with van der Waals surface area (Å²) in [6, 6.07) is 1.61. The number of nitrogens with one attached hydrogen (secondary N) is 1. The highest BCUT2D eigenvalue weighted by molar-refractivity contribution is 4.95. The van der Waals surface area contributed by atoms with Crippen LogP contribution in [-0.2, 0) is 0 Å². The molecule has 0 heterocycles. The van der Waals surface area contributed by atoms with Gasteiger partial charge < -0.3 is 5.32 Å². The fourth-order valence-corrected chi connectivity index (χ4v) is 4.99. The standard InChI is InChI=1S/C16H29N/c1-11-4-3-5-15(8-11)17-12(2)16-10-13-6-7-14(16)9-13/h11-17H,3-10H2,1-2H3. The number of fused-ring (bicyclic) bond motifs is 2. The van der Waals surface area contributed by atoms with E-state index in [9.17, 15) is 0 Å². The van der Waals surface area contributed by atoms with Crippen LogP contribution >= 0.6 is 0 Å². The van der Waals surface area contributed by atoms with Crippen molar-refractivity contribution in [2.24, 2.45) is 23.7 Å². The Morgan fingerprint density at radius 2 is 1.88 bits per heavy atom. The van der Waals surface area contributed by atoms with Crippen molar-refractivity contribution in [3.8, 4) is 0 Å². The zero-order valence-electron chi connectivity index (χ0n) is 11.6. The summed E-state index contributed by atoms with van der Waals surface area (Å²) < 4.78 is 0. The second kappa shape index (κ2) is 4.91. The highest BCUT2D eigenvalue weighted by atomic mass is 15.0. The summed E-state index contributed by atoms with van der Waals surface area (Å²) in [5.41, 5.74) is 0. The van der Waals surface area contributed by atoms with Gasteiger partial charge in [-0.15, -0.1) is 0 Å². The Morgan fingerprint density at radius 3 is 2.53 bits per heavy atom. The van der Waals surface area contributed by atoms with Gasteiger partial charge in [-0.2, -0.15) is 0 Å². The van der Waals surface area contributed by atoms with Crippen LogP contribution in [0.3, 0.4) is 0 Å². The summed E-state index contributed by atoms with van der Waals surface area (Å²) in [5, 5.41) is 3.98. The fraction of sp³-hybridized carbons (Fsp3) is 1.00. The van der Waals surface area contributed by atoms with E-state index in [0.717, 1.165) is 35.8 Å². The monoisotopic (exact) mass is 235 g/mol. The van der Waals surface area contributed by atoms with E-state index >= 15 is 0 Å². The van der Waals surface area contributed by atoms with Gasteiger partial charge in [-0.1, -0.05) is 26.2 Å². The predicted octanol–water partition coefficient (Wildman–Crippen LogP) is 3.98. The topological polar surface area (TPSA) is 12.0 Å². The van der Waals surface area contributed by atoms with Gasteiger partial charge in [0.2, 0.25) is 0 Å². The lowest BCUT2D eigenvalue weighted by molar-refractivity contribution is 0.213. The van der Waals surface area contributed by atoms with Crippen LogP contribution in [0.4, 0.5) is 0 Å². The molecule has 0 aliphatic heterocycles. The summed E-state index contributed by atoms with van der Waals surface area (Å²) in [7, 11) is 0. The van der Waals surface area contributed by atoms with Gasteiger partial charge in [0, 0.05) is 12.1 Å². The van der Waals surface area contributed by atoms with Crippen LogP contribution in [0.5, 0.6) is 0 Å². The zero-order valence-corrected chi connectivity index (χ0v) is 11.6. The van der Waals surface area contributed by atoms with Gasteiger partial charge in [0.1, 0.15) is 0 Å². The first-order valence-electron chi connectivity index (χ1n) is 7.98. The molecule has 0 saturated heterocycles. The molecule has 0 aromatic heterocycles. The molecule has 1 N–H and O–H groups in total. The fourth-order valence-electron chi connectivity index (χ4n) is 4.99. The Hall–Kier alpha value is -0.0400. The lowest BCUT2D eigenvalue weighted by Gasteiger charge is -2.35. The van der Waals surface area contributed by atoms with Gasteiger partial charge >= 0.3 is 0 Å². The zero-order chi connectivity index (χ0) is 11.8. The molecule has 0 amide bonds. The van der Waals surface area contributed by atoms with Crippen LogP contribution < -0.4 is 5.32 Å². The Morgan fingerprint density at radius 1 is 1.00 bits per heavy atom. The van der Waals surface area contributed by atoms with E-state index in [1.807, 2.05) is 0 Å². The first kappa shape index (κ1) is 12.0. The molecule has 3 saturated carbocycles. The van der Waals surface area contributed by atoms with E-state index in [-0.39, 0.29) is 0 Å². The average molecular weight is 235 g/mol. The lowest BCUT2D eigenvalue weighted by Crippen LogP contribution is -2.44. The normalized spacial score (nSPS) is 47.3. The summed E-state index contributed by atoms with van der Waals surface area (Å²) in [5.74, 6) is 4.13. The van der Waals surface area contributed by atoms with Crippen molar-refractivity contribution >= 4 is 0 Å². The molecule has 2 bridgehead atoms. The molecule has 0 aromatic carbocycles. The summed E-state index contributed by atoms with van der Waals surface area (Å²) >= 11 is 0. The van der Waals surface area contributed by atoms with E-state index in [2.05, 4.69) is 19.2 Å². The third-order valence-corrected chi connectivity index (χ3v) is 5.87. The Bertz CT molecular complexity index is 262. The third kappa shape index (κ3) is 2.54. The van der Waals surface area contributed by atoms with Crippen molar-refractivity contribution in [3.63, 3.8) is 0 Å². The van der Waals surface area contributed by atoms with E-state index < -0.39 is 0 Å². The van der Waals surface area contributed by atoms with Crippen molar-refractivity contribution < 1.29 is 0 Å². The lowest BCUT2D eigenvalue weighted by atomic mass is 9.82. The molecule has 3 fully saturated rings. The van der Waals surface area contributed by atoms with Crippen molar-refractivity contribution in [1.29, 1.82) is 0 Å².